The molecule has 4 rings (SSSR count). The minimum Gasteiger partial charge on any atom is -0.480 e. The van der Waals surface area contributed by atoms with Gasteiger partial charge in [0.2, 0.25) is 5.82 Å². The molecule has 1 aromatic heterocycles. The van der Waals surface area contributed by atoms with Crippen LogP contribution in [-0.4, -0.2) is 39.7 Å². The monoisotopic (exact) mass is 499 g/mol. The molecule has 0 saturated heterocycles. The Balaban J connectivity index is 1.69. The van der Waals surface area contributed by atoms with Crippen molar-refractivity contribution in [3.05, 3.63) is 83.2 Å². The summed E-state index contributed by atoms with van der Waals surface area (Å²) in [7, 11) is 1.57. The van der Waals surface area contributed by atoms with Crippen molar-refractivity contribution in [3.8, 4) is 34.0 Å². The standard InChI is InChI=1S/C26H21F4N3O3/c1-15-5-3-4-6-20(15)21-8-7-17(12-22(21)26(28,29)30)25-31-24(32-36-25)18-9-16(10-19(27)11-18)13-33(2)14-23(34)35/h3-12H,13-14H2,1-2H3,(H,34,35). The lowest BCUT2D eigenvalue weighted by Gasteiger charge is -2.15. The van der Waals surface area contributed by atoms with Crippen molar-refractivity contribution < 1.29 is 32.0 Å². The highest BCUT2D eigenvalue weighted by molar-refractivity contribution is 5.74. The normalized spacial score (nSPS) is 11.8. The zero-order chi connectivity index (χ0) is 26.0. The van der Waals surface area contributed by atoms with E-state index < -0.39 is 23.5 Å². The molecule has 0 atom stereocenters. The number of nitrogens with zero attached hydrogens (tertiary/aromatic N) is 3. The van der Waals surface area contributed by atoms with Crippen LogP contribution in [0.5, 0.6) is 0 Å². The van der Waals surface area contributed by atoms with Crippen LogP contribution in [0.2, 0.25) is 0 Å². The molecule has 4 aromatic rings. The maximum Gasteiger partial charge on any atom is 0.417 e. The third-order valence-corrected chi connectivity index (χ3v) is 5.51. The molecule has 0 bridgehead atoms. The fourth-order valence-electron chi connectivity index (χ4n) is 3.95. The minimum absolute atomic E-state index is 0.0109. The van der Waals surface area contributed by atoms with Crippen LogP contribution in [0.25, 0.3) is 34.0 Å². The first-order valence-corrected chi connectivity index (χ1v) is 10.8. The van der Waals surface area contributed by atoms with Crippen LogP contribution in [0.1, 0.15) is 16.7 Å². The number of carboxylic acids is 1. The third-order valence-electron chi connectivity index (χ3n) is 5.51. The van der Waals surface area contributed by atoms with Gasteiger partial charge in [-0.05, 0) is 66.6 Å². The first-order valence-electron chi connectivity index (χ1n) is 10.8. The number of aromatic nitrogens is 2. The second-order valence-corrected chi connectivity index (χ2v) is 8.41. The fraction of sp³-hybridized carbons (Fsp3) is 0.192. The number of hydrogen-bond donors (Lipinski definition) is 1. The van der Waals surface area contributed by atoms with E-state index in [1.165, 1.54) is 23.1 Å². The van der Waals surface area contributed by atoms with Crippen molar-refractivity contribution in [1.29, 1.82) is 0 Å². The van der Waals surface area contributed by atoms with E-state index in [-0.39, 0.29) is 41.5 Å². The summed E-state index contributed by atoms with van der Waals surface area (Å²) in [6.07, 6.45) is -4.63. The van der Waals surface area contributed by atoms with E-state index in [2.05, 4.69) is 10.1 Å². The molecule has 36 heavy (non-hydrogen) atoms. The second-order valence-electron chi connectivity index (χ2n) is 8.41. The van der Waals surface area contributed by atoms with Crippen LogP contribution < -0.4 is 0 Å². The van der Waals surface area contributed by atoms with Crippen LogP contribution >= 0.6 is 0 Å². The number of carbonyl (C=O) groups is 1. The summed E-state index contributed by atoms with van der Waals surface area (Å²) in [4.78, 5) is 16.5. The van der Waals surface area contributed by atoms with Gasteiger partial charge >= 0.3 is 12.1 Å². The Kier molecular flexibility index (Phi) is 6.89. The van der Waals surface area contributed by atoms with Gasteiger partial charge in [-0.3, -0.25) is 9.69 Å². The van der Waals surface area contributed by atoms with E-state index in [1.54, 1.807) is 44.3 Å². The summed E-state index contributed by atoms with van der Waals surface area (Å²) < 4.78 is 61.3. The lowest BCUT2D eigenvalue weighted by atomic mass is 9.94. The van der Waals surface area contributed by atoms with Crippen molar-refractivity contribution in [2.75, 3.05) is 13.6 Å². The van der Waals surface area contributed by atoms with Crippen molar-refractivity contribution in [3.63, 3.8) is 0 Å². The Labute approximate surface area is 203 Å². The summed E-state index contributed by atoms with van der Waals surface area (Å²) in [5.41, 5.74) is 1.14. The molecule has 0 spiro atoms. The molecule has 6 nitrogen and oxygen atoms in total. The van der Waals surface area contributed by atoms with Gasteiger partial charge < -0.3 is 9.63 Å². The van der Waals surface area contributed by atoms with E-state index in [0.717, 1.165) is 12.1 Å². The number of carboxylic acid groups (broad SMARTS) is 1. The Morgan fingerprint density at radius 1 is 1.03 bits per heavy atom. The lowest BCUT2D eigenvalue weighted by Crippen LogP contribution is -2.25. The summed E-state index contributed by atoms with van der Waals surface area (Å²) in [5, 5.41) is 12.7. The number of aryl methyl sites for hydroxylation is 1. The van der Waals surface area contributed by atoms with Gasteiger partial charge in [0.1, 0.15) is 5.82 Å². The average Bonchev–Trinajstić information content (AvgIpc) is 3.28. The molecule has 0 saturated carbocycles. The largest absolute Gasteiger partial charge is 0.480 e. The van der Waals surface area contributed by atoms with Crippen LogP contribution in [-0.2, 0) is 17.5 Å². The number of aliphatic carboxylic acids is 1. The highest BCUT2D eigenvalue weighted by Crippen LogP contribution is 2.40. The predicted molar refractivity (Wildman–Crippen MR) is 124 cm³/mol. The molecular formula is C26H21F4N3O3. The maximum atomic E-state index is 14.2. The van der Waals surface area contributed by atoms with E-state index in [9.17, 15) is 22.4 Å². The SMILES string of the molecule is Cc1ccccc1-c1ccc(-c2nc(-c3cc(F)cc(CN(C)CC(=O)O)c3)no2)cc1C(F)(F)F. The molecule has 0 aliphatic rings. The average molecular weight is 499 g/mol. The fourth-order valence-corrected chi connectivity index (χ4v) is 3.95. The number of benzene rings is 3. The van der Waals surface area contributed by atoms with Crippen LogP contribution in [0.3, 0.4) is 0 Å². The molecular weight excluding hydrogens is 478 g/mol. The zero-order valence-electron chi connectivity index (χ0n) is 19.3. The number of likely N-dealkylation sites (N-methyl/N-ethyl adjacent to an activating group) is 1. The molecule has 0 aliphatic heterocycles. The van der Waals surface area contributed by atoms with Crippen molar-refractivity contribution in [2.24, 2.45) is 0 Å². The van der Waals surface area contributed by atoms with Gasteiger partial charge in [-0.1, -0.05) is 35.5 Å². The molecule has 0 fully saturated rings. The Hall–Kier alpha value is -4.05. The van der Waals surface area contributed by atoms with Gasteiger partial charge in [0.05, 0.1) is 12.1 Å². The first kappa shape index (κ1) is 25.1. The van der Waals surface area contributed by atoms with Crippen molar-refractivity contribution >= 4 is 5.97 Å². The third kappa shape index (κ3) is 5.60. The number of rotatable bonds is 7. The van der Waals surface area contributed by atoms with Crippen LogP contribution in [0.4, 0.5) is 17.6 Å². The summed E-state index contributed by atoms with van der Waals surface area (Å²) in [5.74, 6) is -1.79. The maximum absolute atomic E-state index is 14.2. The van der Waals surface area contributed by atoms with Crippen molar-refractivity contribution in [2.45, 2.75) is 19.6 Å². The molecule has 10 heteroatoms. The Morgan fingerprint density at radius 3 is 2.47 bits per heavy atom. The smallest absolute Gasteiger partial charge is 0.417 e. The van der Waals surface area contributed by atoms with Gasteiger partial charge in [-0.2, -0.15) is 18.2 Å². The van der Waals surface area contributed by atoms with Gasteiger partial charge in [0.25, 0.3) is 5.89 Å². The highest BCUT2D eigenvalue weighted by atomic mass is 19.4. The summed E-state index contributed by atoms with van der Waals surface area (Å²) in [6.45, 7) is 1.65. The quantitative estimate of drug-likeness (QED) is 0.312. The number of alkyl halides is 3. The van der Waals surface area contributed by atoms with E-state index in [4.69, 9.17) is 9.63 Å². The van der Waals surface area contributed by atoms with Crippen LogP contribution in [0.15, 0.2) is 65.2 Å². The second kappa shape index (κ2) is 9.90. The van der Waals surface area contributed by atoms with Gasteiger partial charge in [0, 0.05) is 17.7 Å². The topological polar surface area (TPSA) is 79.5 Å². The number of halogens is 4. The first-order chi connectivity index (χ1) is 17.0. The molecule has 0 amide bonds. The zero-order valence-corrected chi connectivity index (χ0v) is 19.3. The van der Waals surface area contributed by atoms with E-state index in [1.807, 2.05) is 0 Å². The molecule has 0 aliphatic carbocycles. The summed E-state index contributed by atoms with van der Waals surface area (Å²) >= 11 is 0. The minimum atomic E-state index is -4.63. The Morgan fingerprint density at radius 2 is 1.78 bits per heavy atom. The Bertz CT molecular complexity index is 1420. The summed E-state index contributed by atoms with van der Waals surface area (Å²) in [6, 6.07) is 14.6. The van der Waals surface area contributed by atoms with Gasteiger partial charge in [-0.15, -0.1) is 0 Å². The van der Waals surface area contributed by atoms with E-state index in [0.29, 0.717) is 16.7 Å². The highest BCUT2D eigenvalue weighted by Gasteiger charge is 2.34. The molecule has 0 unspecified atom stereocenters. The molecule has 1 N–H and O–H groups in total. The van der Waals surface area contributed by atoms with E-state index >= 15 is 0 Å². The molecule has 0 radical (unpaired) electrons. The van der Waals surface area contributed by atoms with Gasteiger partial charge in [-0.25, -0.2) is 4.39 Å². The van der Waals surface area contributed by atoms with Crippen molar-refractivity contribution in [1.82, 2.24) is 15.0 Å². The lowest BCUT2D eigenvalue weighted by molar-refractivity contribution is -0.138. The molecule has 1 heterocycles. The molecule has 3 aromatic carbocycles. The predicted octanol–water partition coefficient (Wildman–Crippen LogP) is 6.05. The molecule has 186 valence electrons. The van der Waals surface area contributed by atoms with Crippen LogP contribution in [0, 0.1) is 12.7 Å². The van der Waals surface area contributed by atoms with Gasteiger partial charge in [0.15, 0.2) is 0 Å². The number of hydrogen-bond acceptors (Lipinski definition) is 5.